The van der Waals surface area contributed by atoms with Crippen LogP contribution in [-0.2, 0) is 10.2 Å². The monoisotopic (exact) mass is 330 g/mol. The molecular formula is C20H30N2O2. The smallest absolute Gasteiger partial charge is 0.248 e. The Balaban J connectivity index is 2.09. The molecule has 1 heterocycles. The first kappa shape index (κ1) is 17.4. The molecule has 0 radical (unpaired) electrons. The Kier molecular flexibility index (Phi) is 5.26. The van der Waals surface area contributed by atoms with Crippen molar-refractivity contribution < 1.29 is 9.53 Å². The van der Waals surface area contributed by atoms with E-state index >= 15 is 0 Å². The molecule has 3 atom stereocenters. The van der Waals surface area contributed by atoms with Crippen LogP contribution in [-0.4, -0.2) is 32.7 Å². The minimum absolute atomic E-state index is 0.143. The molecule has 1 aliphatic heterocycles. The van der Waals surface area contributed by atoms with E-state index in [1.54, 1.807) is 7.11 Å². The first-order chi connectivity index (χ1) is 11.6. The van der Waals surface area contributed by atoms with Crippen LogP contribution in [0.15, 0.2) is 24.3 Å². The lowest BCUT2D eigenvalue weighted by atomic mass is 9.56. The van der Waals surface area contributed by atoms with Gasteiger partial charge in [0.1, 0.15) is 0 Å². The van der Waals surface area contributed by atoms with Gasteiger partial charge in [-0.25, -0.2) is 0 Å². The number of hydrogen-bond acceptors (Lipinski definition) is 3. The van der Waals surface area contributed by atoms with Crippen molar-refractivity contribution in [2.24, 2.45) is 23.5 Å². The molecule has 2 aliphatic rings. The summed E-state index contributed by atoms with van der Waals surface area (Å²) in [5.74, 6) is 1.49. The van der Waals surface area contributed by atoms with Gasteiger partial charge in [-0.15, -0.1) is 0 Å². The highest BCUT2D eigenvalue weighted by molar-refractivity contribution is 5.93. The number of piperidine rings is 1. The average Bonchev–Trinajstić information content (AvgIpc) is 2.79. The number of ether oxygens (including phenoxy) is 1. The van der Waals surface area contributed by atoms with E-state index in [1.165, 1.54) is 18.4 Å². The fourth-order valence-corrected chi connectivity index (χ4v) is 5.54. The lowest BCUT2D eigenvalue weighted by Gasteiger charge is -2.50. The van der Waals surface area contributed by atoms with Gasteiger partial charge >= 0.3 is 0 Å². The number of carbonyl (C=O) groups excluding carboxylic acids is 1. The Bertz CT molecular complexity index is 571. The zero-order valence-electron chi connectivity index (χ0n) is 14.9. The van der Waals surface area contributed by atoms with Crippen LogP contribution in [0.2, 0.25) is 0 Å². The lowest BCUT2D eigenvalue weighted by molar-refractivity contribution is 0.0746. The maximum Gasteiger partial charge on any atom is 0.248 e. The Morgan fingerprint density at radius 2 is 2.08 bits per heavy atom. The van der Waals surface area contributed by atoms with Crippen LogP contribution < -0.4 is 11.1 Å². The molecule has 3 N–H and O–H groups in total. The quantitative estimate of drug-likeness (QED) is 0.808. The third kappa shape index (κ3) is 2.76. The van der Waals surface area contributed by atoms with Crippen molar-refractivity contribution in [3.63, 3.8) is 0 Å². The maximum absolute atomic E-state index is 11.7. The van der Waals surface area contributed by atoms with Gasteiger partial charge in [-0.2, -0.15) is 0 Å². The third-order valence-corrected chi connectivity index (χ3v) is 6.48. The molecule has 0 aromatic heterocycles. The summed E-state index contributed by atoms with van der Waals surface area (Å²) in [4.78, 5) is 11.7. The van der Waals surface area contributed by atoms with Crippen LogP contribution in [0, 0.1) is 17.8 Å². The van der Waals surface area contributed by atoms with E-state index in [0.717, 1.165) is 32.5 Å². The molecule has 4 nitrogen and oxygen atoms in total. The van der Waals surface area contributed by atoms with E-state index in [0.29, 0.717) is 23.3 Å². The summed E-state index contributed by atoms with van der Waals surface area (Å²) < 4.78 is 5.41. The summed E-state index contributed by atoms with van der Waals surface area (Å²) >= 11 is 0. The molecule has 132 valence electrons. The molecule has 1 aromatic rings. The van der Waals surface area contributed by atoms with Crippen LogP contribution in [0.3, 0.4) is 0 Å². The predicted molar refractivity (Wildman–Crippen MR) is 96.0 cm³/mol. The predicted octanol–water partition coefficient (Wildman–Crippen LogP) is 2.72. The molecule has 1 saturated heterocycles. The van der Waals surface area contributed by atoms with Crippen molar-refractivity contribution in [2.75, 3.05) is 26.8 Å². The minimum atomic E-state index is -0.335. The molecule has 1 amide bonds. The number of primary amides is 1. The summed E-state index contributed by atoms with van der Waals surface area (Å²) in [6.07, 6.45) is 4.74. The number of carbonyl (C=O) groups is 1. The van der Waals surface area contributed by atoms with Gasteiger partial charge in [0.25, 0.3) is 0 Å². The molecule has 4 heteroatoms. The number of rotatable bonds is 7. The Morgan fingerprint density at radius 3 is 2.67 bits per heavy atom. The van der Waals surface area contributed by atoms with Crippen molar-refractivity contribution in [2.45, 2.75) is 38.0 Å². The zero-order chi connectivity index (χ0) is 17.2. The van der Waals surface area contributed by atoms with E-state index < -0.39 is 0 Å². The van der Waals surface area contributed by atoms with Gasteiger partial charge in [-0.1, -0.05) is 25.5 Å². The number of amides is 1. The molecule has 3 rings (SSSR count). The number of benzene rings is 1. The highest BCUT2D eigenvalue weighted by atomic mass is 16.5. The molecule has 0 spiro atoms. The highest BCUT2D eigenvalue weighted by Crippen LogP contribution is 2.57. The van der Waals surface area contributed by atoms with E-state index in [-0.39, 0.29) is 11.3 Å². The van der Waals surface area contributed by atoms with Gasteiger partial charge in [0.15, 0.2) is 0 Å². The van der Waals surface area contributed by atoms with Gasteiger partial charge in [-0.3, -0.25) is 4.79 Å². The summed E-state index contributed by atoms with van der Waals surface area (Å²) in [7, 11) is 1.78. The SMILES string of the molecule is CCC(CCOC)C1(c2cccc(C(N)=O)c2)C2CCC1CNC2. The number of nitrogens with two attached hydrogens (primary N) is 1. The summed E-state index contributed by atoms with van der Waals surface area (Å²) in [6.45, 7) is 5.23. The van der Waals surface area contributed by atoms with Gasteiger partial charge in [0.05, 0.1) is 0 Å². The fourth-order valence-electron chi connectivity index (χ4n) is 5.54. The maximum atomic E-state index is 11.7. The third-order valence-electron chi connectivity index (χ3n) is 6.48. The van der Waals surface area contributed by atoms with Gasteiger partial charge in [0.2, 0.25) is 5.91 Å². The number of methoxy groups -OCH3 is 1. The van der Waals surface area contributed by atoms with Gasteiger partial charge < -0.3 is 15.8 Å². The van der Waals surface area contributed by atoms with Gasteiger partial charge in [0, 0.05) is 24.7 Å². The van der Waals surface area contributed by atoms with Crippen LogP contribution in [0.4, 0.5) is 0 Å². The number of nitrogens with one attached hydrogen (secondary N) is 1. The molecule has 24 heavy (non-hydrogen) atoms. The topological polar surface area (TPSA) is 64.3 Å². The molecule has 3 unspecified atom stereocenters. The molecule has 1 aromatic carbocycles. The van der Waals surface area contributed by atoms with E-state index in [2.05, 4.69) is 24.4 Å². The second kappa shape index (κ2) is 7.24. The molecular weight excluding hydrogens is 300 g/mol. The van der Waals surface area contributed by atoms with Crippen LogP contribution in [0.5, 0.6) is 0 Å². The van der Waals surface area contributed by atoms with E-state index in [9.17, 15) is 4.79 Å². The van der Waals surface area contributed by atoms with Crippen LogP contribution in [0.1, 0.15) is 48.5 Å². The first-order valence-electron chi connectivity index (χ1n) is 9.24. The zero-order valence-corrected chi connectivity index (χ0v) is 14.9. The Hall–Kier alpha value is -1.39. The Labute approximate surface area is 145 Å². The molecule has 1 aliphatic carbocycles. The summed E-state index contributed by atoms with van der Waals surface area (Å²) in [5.41, 5.74) is 7.65. The average molecular weight is 330 g/mol. The standard InChI is InChI=1S/C20H30N2O2/c1-3-15(9-10-24-2)20(17-7-8-18(20)13-22-12-17)16-6-4-5-14(11-16)19(21)23/h4-6,11,15,17-18,22H,3,7-10,12-13H2,1-2H3,(H2,21,23). The van der Waals surface area contributed by atoms with Crippen LogP contribution in [0.25, 0.3) is 0 Å². The van der Waals surface area contributed by atoms with Gasteiger partial charge in [-0.05, 0) is 67.8 Å². The highest BCUT2D eigenvalue weighted by Gasteiger charge is 2.56. The van der Waals surface area contributed by atoms with Crippen molar-refractivity contribution >= 4 is 5.91 Å². The molecule has 1 saturated carbocycles. The van der Waals surface area contributed by atoms with Crippen molar-refractivity contribution in [1.82, 2.24) is 5.32 Å². The lowest BCUT2D eigenvalue weighted by Crippen LogP contribution is -2.54. The summed E-state index contributed by atoms with van der Waals surface area (Å²) in [5, 5.41) is 3.62. The van der Waals surface area contributed by atoms with E-state index in [1.807, 2.05) is 12.1 Å². The fraction of sp³-hybridized carbons (Fsp3) is 0.650. The van der Waals surface area contributed by atoms with Crippen molar-refractivity contribution in [3.8, 4) is 0 Å². The molecule has 2 fully saturated rings. The second-order valence-electron chi connectivity index (χ2n) is 7.39. The van der Waals surface area contributed by atoms with E-state index in [4.69, 9.17) is 10.5 Å². The normalized spacial score (nSPS) is 30.2. The van der Waals surface area contributed by atoms with Crippen molar-refractivity contribution in [3.05, 3.63) is 35.4 Å². The first-order valence-corrected chi connectivity index (χ1v) is 9.24. The second-order valence-corrected chi connectivity index (χ2v) is 7.39. The minimum Gasteiger partial charge on any atom is -0.385 e. The Morgan fingerprint density at radius 1 is 1.38 bits per heavy atom. The summed E-state index contributed by atoms with van der Waals surface area (Å²) in [6, 6.07) is 8.12. The van der Waals surface area contributed by atoms with Crippen LogP contribution >= 0.6 is 0 Å². The molecule has 2 bridgehead atoms. The number of fused-ring (bicyclic) bond motifs is 2. The number of hydrogen-bond donors (Lipinski definition) is 2. The largest absolute Gasteiger partial charge is 0.385 e. The van der Waals surface area contributed by atoms with Crippen molar-refractivity contribution in [1.29, 1.82) is 0 Å².